The average Bonchev–Trinajstić information content (AvgIpc) is 2.83. The highest BCUT2D eigenvalue weighted by Gasteiger charge is 2.20. The third kappa shape index (κ3) is 4.42. The highest BCUT2D eigenvalue weighted by atomic mass is 15.1. The van der Waals surface area contributed by atoms with E-state index in [1.165, 1.54) is 58.0 Å². The smallest absolute Gasteiger partial charge is 0.00951 e. The first-order valence-corrected chi connectivity index (χ1v) is 7.23. The minimum atomic E-state index is 0.724. The summed E-state index contributed by atoms with van der Waals surface area (Å²) in [4.78, 5) is 2.70. The minimum absolute atomic E-state index is 0.724. The van der Waals surface area contributed by atoms with Crippen molar-refractivity contribution in [1.29, 1.82) is 0 Å². The van der Waals surface area contributed by atoms with Gasteiger partial charge in [-0.05, 0) is 52.2 Å². The summed E-state index contributed by atoms with van der Waals surface area (Å²) < 4.78 is 0. The van der Waals surface area contributed by atoms with Crippen LogP contribution in [0, 0.1) is 0 Å². The van der Waals surface area contributed by atoms with Crippen LogP contribution in [0.4, 0.5) is 0 Å². The van der Waals surface area contributed by atoms with Crippen LogP contribution < -0.4 is 5.32 Å². The lowest BCUT2D eigenvalue weighted by molar-refractivity contribution is 0.202. The molecule has 0 heterocycles. The lowest BCUT2D eigenvalue weighted by Crippen LogP contribution is -2.35. The molecule has 2 heteroatoms. The Balaban J connectivity index is 2.17. The molecule has 0 spiro atoms. The van der Waals surface area contributed by atoms with Crippen molar-refractivity contribution in [2.45, 2.75) is 70.9 Å². The van der Waals surface area contributed by atoms with Crippen molar-refractivity contribution in [3.05, 3.63) is 0 Å². The van der Waals surface area contributed by atoms with Gasteiger partial charge in [0.05, 0.1) is 0 Å². The fourth-order valence-electron chi connectivity index (χ4n) is 2.96. The molecule has 1 rings (SSSR count). The summed E-state index contributed by atoms with van der Waals surface area (Å²) in [6.45, 7) is 7.13. The molecular formula is C14H30N2. The Morgan fingerprint density at radius 2 is 1.94 bits per heavy atom. The summed E-state index contributed by atoms with van der Waals surface area (Å²) in [5.41, 5.74) is 0. The Morgan fingerprint density at radius 3 is 2.44 bits per heavy atom. The van der Waals surface area contributed by atoms with Crippen molar-refractivity contribution < 1.29 is 0 Å². The minimum Gasteiger partial charge on any atom is -0.317 e. The molecule has 0 aromatic heterocycles. The SMILES string of the molecule is CCC(CCCN(CC)C1CCCC1)NC. The maximum atomic E-state index is 3.39. The van der Waals surface area contributed by atoms with Crippen LogP contribution in [-0.2, 0) is 0 Å². The molecule has 0 aromatic rings. The van der Waals surface area contributed by atoms with E-state index in [9.17, 15) is 0 Å². The van der Waals surface area contributed by atoms with Gasteiger partial charge in [-0.1, -0.05) is 26.7 Å². The van der Waals surface area contributed by atoms with Gasteiger partial charge in [0.15, 0.2) is 0 Å². The quantitative estimate of drug-likeness (QED) is 0.684. The van der Waals surface area contributed by atoms with Crippen LogP contribution >= 0.6 is 0 Å². The van der Waals surface area contributed by atoms with Crippen LogP contribution in [0.5, 0.6) is 0 Å². The molecule has 1 saturated carbocycles. The van der Waals surface area contributed by atoms with Gasteiger partial charge in [-0.2, -0.15) is 0 Å². The van der Waals surface area contributed by atoms with Crippen LogP contribution in [0.1, 0.15) is 58.8 Å². The predicted octanol–water partition coefficient (Wildman–Crippen LogP) is 3.03. The molecule has 2 nitrogen and oxygen atoms in total. The molecule has 1 aliphatic carbocycles. The number of hydrogen-bond acceptors (Lipinski definition) is 2. The monoisotopic (exact) mass is 226 g/mol. The molecule has 0 aromatic carbocycles. The van der Waals surface area contributed by atoms with Crippen molar-refractivity contribution in [3.63, 3.8) is 0 Å². The number of nitrogens with one attached hydrogen (secondary N) is 1. The second-order valence-corrected chi connectivity index (χ2v) is 5.10. The topological polar surface area (TPSA) is 15.3 Å². The molecule has 16 heavy (non-hydrogen) atoms. The maximum Gasteiger partial charge on any atom is 0.00951 e. The van der Waals surface area contributed by atoms with E-state index in [1.807, 2.05) is 0 Å². The summed E-state index contributed by atoms with van der Waals surface area (Å²) in [5, 5.41) is 3.39. The van der Waals surface area contributed by atoms with Crippen LogP contribution in [0.3, 0.4) is 0 Å². The van der Waals surface area contributed by atoms with Crippen LogP contribution in [-0.4, -0.2) is 37.1 Å². The Hall–Kier alpha value is -0.0800. The predicted molar refractivity (Wildman–Crippen MR) is 71.9 cm³/mol. The molecule has 0 radical (unpaired) electrons. The van der Waals surface area contributed by atoms with Gasteiger partial charge in [-0.25, -0.2) is 0 Å². The standard InChI is InChI=1S/C14H30N2/c1-4-13(15-3)9-8-12-16(5-2)14-10-6-7-11-14/h13-15H,4-12H2,1-3H3. The number of rotatable bonds is 8. The van der Waals surface area contributed by atoms with Crippen molar-refractivity contribution in [2.24, 2.45) is 0 Å². The molecule has 0 saturated heterocycles. The third-order valence-corrected chi connectivity index (χ3v) is 4.15. The highest BCUT2D eigenvalue weighted by Crippen LogP contribution is 2.23. The van der Waals surface area contributed by atoms with E-state index in [2.05, 4.69) is 31.1 Å². The summed E-state index contributed by atoms with van der Waals surface area (Å²) >= 11 is 0. The first-order valence-electron chi connectivity index (χ1n) is 7.23. The Morgan fingerprint density at radius 1 is 1.25 bits per heavy atom. The highest BCUT2D eigenvalue weighted by molar-refractivity contribution is 4.77. The number of hydrogen-bond donors (Lipinski definition) is 1. The summed E-state index contributed by atoms with van der Waals surface area (Å²) in [6.07, 6.45) is 9.73. The van der Waals surface area contributed by atoms with Crippen LogP contribution in [0.25, 0.3) is 0 Å². The van der Waals surface area contributed by atoms with Gasteiger partial charge < -0.3 is 10.2 Å². The van der Waals surface area contributed by atoms with Gasteiger partial charge in [0.2, 0.25) is 0 Å². The summed E-state index contributed by atoms with van der Waals surface area (Å²) in [7, 11) is 2.09. The van der Waals surface area contributed by atoms with Gasteiger partial charge in [-0.15, -0.1) is 0 Å². The van der Waals surface area contributed by atoms with E-state index in [1.54, 1.807) is 0 Å². The third-order valence-electron chi connectivity index (χ3n) is 4.15. The van der Waals surface area contributed by atoms with Crippen molar-refractivity contribution >= 4 is 0 Å². The molecular weight excluding hydrogens is 196 g/mol. The zero-order valence-electron chi connectivity index (χ0n) is 11.5. The normalized spacial score (nSPS) is 19.5. The van der Waals surface area contributed by atoms with E-state index in [-0.39, 0.29) is 0 Å². The first-order chi connectivity index (χ1) is 7.81. The molecule has 1 fully saturated rings. The van der Waals surface area contributed by atoms with E-state index in [4.69, 9.17) is 0 Å². The molecule has 0 aliphatic heterocycles. The maximum absolute atomic E-state index is 3.39. The number of nitrogens with zero attached hydrogens (tertiary/aromatic N) is 1. The lowest BCUT2D eigenvalue weighted by Gasteiger charge is -2.28. The van der Waals surface area contributed by atoms with E-state index < -0.39 is 0 Å². The molecule has 0 bridgehead atoms. The van der Waals surface area contributed by atoms with Gasteiger partial charge >= 0.3 is 0 Å². The fraction of sp³-hybridized carbons (Fsp3) is 1.00. The summed E-state index contributed by atoms with van der Waals surface area (Å²) in [5.74, 6) is 0. The van der Waals surface area contributed by atoms with Gasteiger partial charge in [-0.3, -0.25) is 0 Å². The molecule has 96 valence electrons. The van der Waals surface area contributed by atoms with Crippen molar-refractivity contribution in [3.8, 4) is 0 Å². The molecule has 0 amide bonds. The first kappa shape index (κ1) is 14.0. The Bertz CT molecular complexity index is 160. The average molecular weight is 226 g/mol. The van der Waals surface area contributed by atoms with Crippen LogP contribution in [0.15, 0.2) is 0 Å². The van der Waals surface area contributed by atoms with Gasteiger partial charge in [0.25, 0.3) is 0 Å². The van der Waals surface area contributed by atoms with Gasteiger partial charge in [0, 0.05) is 12.1 Å². The van der Waals surface area contributed by atoms with E-state index in [0.29, 0.717) is 0 Å². The summed E-state index contributed by atoms with van der Waals surface area (Å²) in [6, 6.07) is 1.63. The second kappa shape index (κ2) is 8.08. The fourth-order valence-corrected chi connectivity index (χ4v) is 2.96. The van der Waals surface area contributed by atoms with Crippen molar-refractivity contribution in [1.82, 2.24) is 10.2 Å². The van der Waals surface area contributed by atoms with Gasteiger partial charge in [0.1, 0.15) is 0 Å². The molecule has 1 atom stereocenters. The molecule has 1 unspecified atom stereocenters. The van der Waals surface area contributed by atoms with E-state index in [0.717, 1.165) is 12.1 Å². The molecule has 1 N–H and O–H groups in total. The lowest BCUT2D eigenvalue weighted by atomic mass is 10.1. The van der Waals surface area contributed by atoms with Crippen molar-refractivity contribution in [2.75, 3.05) is 20.1 Å². The molecule has 1 aliphatic rings. The zero-order chi connectivity index (χ0) is 11.8. The Kier molecular flexibility index (Phi) is 7.06. The van der Waals surface area contributed by atoms with E-state index >= 15 is 0 Å². The Labute approximate surface area is 102 Å². The largest absolute Gasteiger partial charge is 0.317 e. The second-order valence-electron chi connectivity index (χ2n) is 5.10. The zero-order valence-corrected chi connectivity index (χ0v) is 11.5. The van der Waals surface area contributed by atoms with Crippen LogP contribution in [0.2, 0.25) is 0 Å².